The van der Waals surface area contributed by atoms with Gasteiger partial charge in [-0.05, 0) is 12.3 Å². The second kappa shape index (κ2) is 6.11. The number of rotatable bonds is 6. The van der Waals surface area contributed by atoms with Crippen LogP contribution in [0.3, 0.4) is 0 Å². The normalized spacial score (nSPS) is 11.5. The van der Waals surface area contributed by atoms with Gasteiger partial charge in [-0.3, -0.25) is 0 Å². The number of isocyanates is 1. The van der Waals surface area contributed by atoms with Gasteiger partial charge in [0.05, 0.1) is 6.54 Å². The largest absolute Gasteiger partial charge is 0.234 e. The predicted octanol–water partition coefficient (Wildman–Crippen LogP) is 3.08. The van der Waals surface area contributed by atoms with Gasteiger partial charge in [0.2, 0.25) is 6.08 Å². The van der Waals surface area contributed by atoms with Crippen molar-refractivity contribution >= 4 is 14.2 Å². The van der Waals surface area contributed by atoms with Gasteiger partial charge >= 0.3 is 0 Å². The fourth-order valence-electron chi connectivity index (χ4n) is 1.89. The molecule has 0 aliphatic rings. The first-order chi connectivity index (χ1) is 5.98. The highest BCUT2D eigenvalue weighted by atomic mass is 28.3. The van der Waals surface area contributed by atoms with Crippen LogP contribution < -0.4 is 0 Å². The SMILES string of the molecule is CC(C)C[Si](C)(C)CCCN=C=O. The van der Waals surface area contributed by atoms with Gasteiger partial charge in [0.1, 0.15) is 0 Å². The molecule has 0 radical (unpaired) electrons. The van der Waals surface area contributed by atoms with Crippen molar-refractivity contribution in [2.24, 2.45) is 10.9 Å². The molecule has 3 heteroatoms. The summed E-state index contributed by atoms with van der Waals surface area (Å²) in [6, 6.07) is 2.65. The van der Waals surface area contributed by atoms with Crippen molar-refractivity contribution in [1.29, 1.82) is 0 Å². The summed E-state index contributed by atoms with van der Waals surface area (Å²) in [6.45, 7) is 10.0. The van der Waals surface area contributed by atoms with Gasteiger partial charge in [0, 0.05) is 8.07 Å². The molecule has 0 unspecified atom stereocenters. The van der Waals surface area contributed by atoms with E-state index in [9.17, 15) is 4.79 Å². The third kappa shape index (κ3) is 7.94. The van der Waals surface area contributed by atoms with Crippen molar-refractivity contribution in [3.8, 4) is 0 Å². The van der Waals surface area contributed by atoms with Crippen molar-refractivity contribution in [3.05, 3.63) is 0 Å². The summed E-state index contributed by atoms with van der Waals surface area (Å²) in [5.74, 6) is 0.802. The van der Waals surface area contributed by atoms with E-state index in [-0.39, 0.29) is 0 Å². The Morgan fingerprint density at radius 1 is 1.38 bits per heavy atom. The van der Waals surface area contributed by atoms with Crippen LogP contribution in [-0.2, 0) is 4.79 Å². The molecule has 0 rings (SSSR count). The minimum atomic E-state index is -1.01. The third-order valence-electron chi connectivity index (χ3n) is 2.15. The summed E-state index contributed by atoms with van der Waals surface area (Å²) in [7, 11) is -1.01. The number of carbonyl (C=O) groups excluding carboxylic acids is 1. The van der Waals surface area contributed by atoms with Crippen molar-refractivity contribution in [2.75, 3.05) is 6.54 Å². The first-order valence-corrected chi connectivity index (χ1v) is 8.43. The van der Waals surface area contributed by atoms with Crippen LogP contribution in [0.5, 0.6) is 0 Å². The second-order valence-corrected chi connectivity index (χ2v) is 10.1. The monoisotopic (exact) mass is 199 g/mol. The smallest absolute Gasteiger partial charge is 0.211 e. The highest BCUT2D eigenvalue weighted by molar-refractivity contribution is 6.77. The Balaban J connectivity index is 3.68. The minimum Gasteiger partial charge on any atom is -0.211 e. The lowest BCUT2D eigenvalue weighted by atomic mass is 10.3. The van der Waals surface area contributed by atoms with Crippen molar-refractivity contribution in [3.63, 3.8) is 0 Å². The van der Waals surface area contributed by atoms with Gasteiger partial charge in [0.25, 0.3) is 0 Å². The molecular formula is C10H21NOSi. The zero-order valence-electron chi connectivity index (χ0n) is 9.26. The number of nitrogens with zero attached hydrogens (tertiary/aromatic N) is 1. The van der Waals surface area contributed by atoms with E-state index in [1.54, 1.807) is 6.08 Å². The topological polar surface area (TPSA) is 29.4 Å². The molecule has 0 amide bonds. The molecule has 0 spiro atoms. The van der Waals surface area contributed by atoms with Crippen LogP contribution in [0.25, 0.3) is 0 Å². The summed E-state index contributed by atoms with van der Waals surface area (Å²) < 4.78 is 0. The molecule has 0 aliphatic carbocycles. The van der Waals surface area contributed by atoms with Crippen LogP contribution in [0.4, 0.5) is 0 Å². The summed E-state index contributed by atoms with van der Waals surface area (Å²) in [6.07, 6.45) is 2.64. The Kier molecular flexibility index (Phi) is 5.92. The second-order valence-electron chi connectivity index (χ2n) is 4.84. The van der Waals surface area contributed by atoms with Gasteiger partial charge in [-0.1, -0.05) is 39.0 Å². The Morgan fingerprint density at radius 3 is 2.46 bits per heavy atom. The summed E-state index contributed by atoms with van der Waals surface area (Å²) >= 11 is 0. The minimum absolute atomic E-state index is 0.665. The van der Waals surface area contributed by atoms with Crippen molar-refractivity contribution in [2.45, 2.75) is 45.5 Å². The van der Waals surface area contributed by atoms with Crippen molar-refractivity contribution in [1.82, 2.24) is 0 Å². The predicted molar refractivity (Wildman–Crippen MR) is 59.5 cm³/mol. The average molecular weight is 199 g/mol. The van der Waals surface area contributed by atoms with Crippen LogP contribution >= 0.6 is 0 Å². The van der Waals surface area contributed by atoms with Crippen LogP contribution in [0.1, 0.15) is 20.3 Å². The Labute approximate surface area is 82.5 Å². The molecule has 0 aliphatic heterocycles. The number of hydrogen-bond acceptors (Lipinski definition) is 2. The fraction of sp³-hybridized carbons (Fsp3) is 0.900. The maximum absolute atomic E-state index is 9.83. The van der Waals surface area contributed by atoms with Crippen LogP contribution in [0.2, 0.25) is 25.2 Å². The van der Waals surface area contributed by atoms with E-state index in [0.29, 0.717) is 6.54 Å². The Morgan fingerprint density at radius 2 is 2.00 bits per heavy atom. The first kappa shape index (κ1) is 12.6. The van der Waals surface area contributed by atoms with E-state index in [2.05, 4.69) is 31.9 Å². The number of aliphatic imine (C=N–C) groups is 1. The van der Waals surface area contributed by atoms with E-state index >= 15 is 0 Å². The summed E-state index contributed by atoms with van der Waals surface area (Å²) in [5.41, 5.74) is 0. The van der Waals surface area contributed by atoms with E-state index in [1.807, 2.05) is 0 Å². The Bertz CT molecular complexity index is 183. The third-order valence-corrected chi connectivity index (χ3v) is 5.78. The zero-order chi connectivity index (χ0) is 10.3. The molecule has 0 heterocycles. The molecule has 0 fully saturated rings. The molecule has 76 valence electrons. The lowest BCUT2D eigenvalue weighted by Crippen LogP contribution is -2.27. The maximum Gasteiger partial charge on any atom is 0.234 e. The van der Waals surface area contributed by atoms with Gasteiger partial charge in [-0.25, -0.2) is 9.79 Å². The lowest BCUT2D eigenvalue weighted by molar-refractivity contribution is 0.562. The summed E-state index contributed by atoms with van der Waals surface area (Å²) in [5, 5.41) is 0. The molecule has 0 saturated carbocycles. The molecule has 13 heavy (non-hydrogen) atoms. The molecule has 2 nitrogen and oxygen atoms in total. The highest BCUT2D eigenvalue weighted by Gasteiger charge is 2.20. The molecule has 0 bridgehead atoms. The standard InChI is InChI=1S/C10H21NOSi/c1-10(2)8-13(3,4)7-5-6-11-9-12/h10H,5-8H2,1-4H3. The van der Waals surface area contributed by atoms with Gasteiger partial charge in [0.15, 0.2) is 0 Å². The average Bonchev–Trinajstić information content (AvgIpc) is 1.95. The van der Waals surface area contributed by atoms with Crippen molar-refractivity contribution < 1.29 is 4.79 Å². The maximum atomic E-state index is 9.83. The molecule has 0 aromatic rings. The lowest BCUT2D eigenvalue weighted by Gasteiger charge is -2.23. The van der Waals surface area contributed by atoms with Gasteiger partial charge < -0.3 is 0 Å². The quantitative estimate of drug-likeness (QED) is 0.280. The summed E-state index contributed by atoms with van der Waals surface area (Å²) in [4.78, 5) is 13.4. The molecule has 0 atom stereocenters. The molecule has 0 aromatic carbocycles. The van der Waals surface area contributed by atoms with E-state index in [1.165, 1.54) is 12.1 Å². The highest BCUT2D eigenvalue weighted by Crippen LogP contribution is 2.22. The Hall–Kier alpha value is -0.403. The van der Waals surface area contributed by atoms with Crippen LogP contribution in [0.15, 0.2) is 4.99 Å². The van der Waals surface area contributed by atoms with Gasteiger partial charge in [-0.15, -0.1) is 0 Å². The molecule has 0 aromatic heterocycles. The number of hydrogen-bond donors (Lipinski definition) is 0. The molecule has 0 saturated heterocycles. The van der Waals surface area contributed by atoms with E-state index in [0.717, 1.165) is 12.3 Å². The van der Waals surface area contributed by atoms with Gasteiger partial charge in [-0.2, -0.15) is 0 Å². The van der Waals surface area contributed by atoms with Crippen LogP contribution in [0, 0.1) is 5.92 Å². The fourth-order valence-corrected chi connectivity index (χ4v) is 5.42. The zero-order valence-corrected chi connectivity index (χ0v) is 10.3. The van der Waals surface area contributed by atoms with E-state index in [4.69, 9.17) is 0 Å². The molecular weight excluding hydrogens is 178 g/mol. The van der Waals surface area contributed by atoms with E-state index < -0.39 is 8.07 Å². The van der Waals surface area contributed by atoms with Crippen LogP contribution in [-0.4, -0.2) is 20.7 Å². The first-order valence-electron chi connectivity index (χ1n) is 5.01. The molecule has 0 N–H and O–H groups in total.